The maximum atomic E-state index is 12.3. The molecule has 0 amide bonds. The van der Waals surface area contributed by atoms with Gasteiger partial charge in [0.2, 0.25) is 0 Å². The number of ether oxygens (including phenoxy) is 2. The van der Waals surface area contributed by atoms with Gasteiger partial charge in [0.15, 0.2) is 5.78 Å². The highest BCUT2D eigenvalue weighted by molar-refractivity contribution is 6.07. The van der Waals surface area contributed by atoms with Crippen LogP contribution in [0.3, 0.4) is 0 Å². The second-order valence-corrected chi connectivity index (χ2v) is 5.63. The van der Waals surface area contributed by atoms with Crippen molar-refractivity contribution >= 4 is 17.7 Å². The van der Waals surface area contributed by atoms with E-state index in [4.69, 9.17) is 14.6 Å². The van der Waals surface area contributed by atoms with Crippen molar-refractivity contribution in [3.8, 4) is 5.75 Å². The number of esters is 1. The first-order chi connectivity index (χ1) is 12.4. The van der Waals surface area contributed by atoms with Gasteiger partial charge >= 0.3 is 11.9 Å². The molecule has 0 heterocycles. The number of hydrogen-bond acceptors (Lipinski definition) is 5. The van der Waals surface area contributed by atoms with Crippen LogP contribution in [0.5, 0.6) is 5.75 Å². The van der Waals surface area contributed by atoms with Crippen molar-refractivity contribution in [1.29, 1.82) is 0 Å². The van der Waals surface area contributed by atoms with Crippen molar-refractivity contribution in [3.63, 3.8) is 0 Å². The molecule has 0 aromatic heterocycles. The SMILES string of the molecule is CCOC(=O)c1cc(OCc2ccccc2)cc(CC(=O)O)c1C(C)=O. The van der Waals surface area contributed by atoms with Crippen molar-refractivity contribution in [2.45, 2.75) is 26.9 Å². The Hall–Kier alpha value is -3.15. The van der Waals surface area contributed by atoms with Crippen LogP contribution in [0.1, 0.15) is 45.7 Å². The van der Waals surface area contributed by atoms with E-state index in [9.17, 15) is 14.4 Å². The Balaban J connectivity index is 2.44. The maximum absolute atomic E-state index is 12.3. The molecular weight excluding hydrogens is 336 g/mol. The highest BCUT2D eigenvalue weighted by atomic mass is 16.5. The van der Waals surface area contributed by atoms with Crippen molar-refractivity contribution in [2.24, 2.45) is 0 Å². The Bertz CT molecular complexity index is 811. The van der Waals surface area contributed by atoms with E-state index >= 15 is 0 Å². The van der Waals surface area contributed by atoms with Gasteiger partial charge in [-0.1, -0.05) is 30.3 Å². The van der Waals surface area contributed by atoms with Gasteiger partial charge in [-0.05, 0) is 37.1 Å². The largest absolute Gasteiger partial charge is 0.489 e. The smallest absolute Gasteiger partial charge is 0.339 e. The van der Waals surface area contributed by atoms with Crippen molar-refractivity contribution < 1.29 is 29.0 Å². The predicted octanol–water partition coefficient (Wildman–Crippen LogP) is 3.27. The Morgan fingerprint density at radius 2 is 1.77 bits per heavy atom. The first kappa shape index (κ1) is 19.2. The van der Waals surface area contributed by atoms with Gasteiger partial charge in [0.1, 0.15) is 12.4 Å². The summed E-state index contributed by atoms with van der Waals surface area (Å²) >= 11 is 0. The Labute approximate surface area is 151 Å². The molecule has 0 bridgehead atoms. The zero-order valence-corrected chi connectivity index (χ0v) is 14.7. The van der Waals surface area contributed by atoms with E-state index < -0.39 is 24.1 Å². The number of carbonyl (C=O) groups is 3. The molecule has 0 radical (unpaired) electrons. The van der Waals surface area contributed by atoms with Gasteiger partial charge in [-0.25, -0.2) is 4.79 Å². The summed E-state index contributed by atoms with van der Waals surface area (Å²) in [4.78, 5) is 35.5. The Kier molecular flexibility index (Phi) is 6.49. The van der Waals surface area contributed by atoms with Crippen molar-refractivity contribution in [2.75, 3.05) is 6.61 Å². The molecule has 0 saturated carbocycles. The molecule has 0 aliphatic heterocycles. The second-order valence-electron chi connectivity index (χ2n) is 5.63. The molecule has 6 heteroatoms. The minimum Gasteiger partial charge on any atom is -0.489 e. The van der Waals surface area contributed by atoms with Gasteiger partial charge in [-0.15, -0.1) is 0 Å². The molecule has 1 N–H and O–H groups in total. The van der Waals surface area contributed by atoms with Crippen LogP contribution in [0.15, 0.2) is 42.5 Å². The number of ketones is 1. The van der Waals surface area contributed by atoms with Gasteiger partial charge in [0, 0.05) is 5.56 Å². The van der Waals surface area contributed by atoms with Crippen LogP contribution in [0.4, 0.5) is 0 Å². The summed E-state index contributed by atoms with van der Waals surface area (Å²) in [5.74, 6) is -1.89. The molecule has 0 spiro atoms. The lowest BCUT2D eigenvalue weighted by Gasteiger charge is -2.15. The van der Waals surface area contributed by atoms with Gasteiger partial charge in [-0.2, -0.15) is 0 Å². The average molecular weight is 356 g/mol. The molecule has 0 fully saturated rings. The molecule has 0 saturated heterocycles. The van der Waals surface area contributed by atoms with Crippen LogP contribution in [0.2, 0.25) is 0 Å². The Morgan fingerprint density at radius 1 is 1.08 bits per heavy atom. The monoisotopic (exact) mass is 356 g/mol. The summed E-state index contributed by atoms with van der Waals surface area (Å²) in [6.07, 6.45) is -0.399. The summed E-state index contributed by atoms with van der Waals surface area (Å²) < 4.78 is 10.7. The van der Waals surface area contributed by atoms with Crippen molar-refractivity contribution in [1.82, 2.24) is 0 Å². The zero-order chi connectivity index (χ0) is 19.1. The quantitative estimate of drug-likeness (QED) is 0.577. The second kappa shape index (κ2) is 8.80. The summed E-state index contributed by atoms with van der Waals surface area (Å²) in [6, 6.07) is 12.3. The topological polar surface area (TPSA) is 89.9 Å². The molecule has 2 rings (SSSR count). The minimum absolute atomic E-state index is 0.0150. The number of carboxylic acids is 1. The summed E-state index contributed by atoms with van der Waals surface area (Å²) in [5, 5.41) is 9.14. The van der Waals surface area contributed by atoms with Crippen LogP contribution in [-0.2, 0) is 22.6 Å². The van der Waals surface area contributed by atoms with Crippen LogP contribution < -0.4 is 4.74 Å². The van der Waals surface area contributed by atoms with E-state index in [1.165, 1.54) is 19.1 Å². The summed E-state index contributed by atoms with van der Waals surface area (Å²) in [7, 11) is 0. The third-order valence-electron chi connectivity index (χ3n) is 3.63. The lowest BCUT2D eigenvalue weighted by Crippen LogP contribution is -2.15. The number of hydrogen-bond donors (Lipinski definition) is 1. The first-order valence-corrected chi connectivity index (χ1v) is 8.15. The molecule has 2 aromatic carbocycles. The maximum Gasteiger partial charge on any atom is 0.339 e. The predicted molar refractivity (Wildman–Crippen MR) is 94.5 cm³/mol. The average Bonchev–Trinajstić information content (AvgIpc) is 2.59. The fraction of sp³-hybridized carbons (Fsp3) is 0.250. The van der Waals surface area contributed by atoms with Crippen molar-refractivity contribution in [3.05, 3.63) is 64.7 Å². The molecule has 0 atom stereocenters. The summed E-state index contributed by atoms with van der Waals surface area (Å²) in [6.45, 7) is 3.32. The first-order valence-electron chi connectivity index (χ1n) is 8.15. The third kappa shape index (κ3) is 4.92. The number of carbonyl (C=O) groups excluding carboxylic acids is 2. The lowest BCUT2D eigenvalue weighted by molar-refractivity contribution is -0.136. The number of benzene rings is 2. The standard InChI is InChI=1S/C20H20O6/c1-3-25-20(24)17-11-16(26-12-14-7-5-4-6-8-14)9-15(10-18(22)23)19(17)13(2)21/h4-9,11H,3,10,12H2,1-2H3,(H,22,23). The van der Waals surface area contributed by atoms with E-state index in [0.29, 0.717) is 5.75 Å². The van der Waals surface area contributed by atoms with Crippen LogP contribution in [-0.4, -0.2) is 29.4 Å². The molecule has 0 unspecified atom stereocenters. The van der Waals surface area contributed by atoms with Gasteiger partial charge in [-0.3, -0.25) is 9.59 Å². The number of aliphatic carboxylic acids is 1. The van der Waals surface area contributed by atoms with E-state index in [1.807, 2.05) is 30.3 Å². The number of Topliss-reactive ketones (excluding diaryl/α,β-unsaturated/α-hetero) is 1. The van der Waals surface area contributed by atoms with Crippen LogP contribution >= 0.6 is 0 Å². The van der Waals surface area contributed by atoms with Crippen LogP contribution in [0, 0.1) is 0 Å². The molecule has 136 valence electrons. The molecule has 2 aromatic rings. The highest BCUT2D eigenvalue weighted by Gasteiger charge is 2.22. The van der Waals surface area contributed by atoms with Gasteiger partial charge in [0.05, 0.1) is 18.6 Å². The molecule has 6 nitrogen and oxygen atoms in total. The third-order valence-corrected chi connectivity index (χ3v) is 3.63. The van der Waals surface area contributed by atoms with Gasteiger partial charge < -0.3 is 14.6 Å². The molecular formula is C20H20O6. The molecule has 0 aliphatic carbocycles. The molecule has 26 heavy (non-hydrogen) atoms. The van der Waals surface area contributed by atoms with E-state index in [2.05, 4.69) is 0 Å². The normalized spacial score (nSPS) is 10.2. The highest BCUT2D eigenvalue weighted by Crippen LogP contribution is 2.26. The van der Waals surface area contributed by atoms with E-state index in [1.54, 1.807) is 6.92 Å². The van der Waals surface area contributed by atoms with E-state index in [0.717, 1.165) is 5.56 Å². The van der Waals surface area contributed by atoms with Gasteiger partial charge in [0.25, 0.3) is 0 Å². The van der Waals surface area contributed by atoms with E-state index in [-0.39, 0.29) is 29.9 Å². The number of carboxylic acid groups (broad SMARTS) is 1. The zero-order valence-electron chi connectivity index (χ0n) is 14.7. The number of rotatable bonds is 8. The lowest BCUT2D eigenvalue weighted by atomic mass is 9.95. The fourth-order valence-corrected chi connectivity index (χ4v) is 2.59. The Morgan fingerprint density at radius 3 is 2.35 bits per heavy atom. The molecule has 0 aliphatic rings. The summed E-state index contributed by atoms with van der Waals surface area (Å²) in [5.41, 5.74) is 1.21. The van der Waals surface area contributed by atoms with Crippen LogP contribution in [0.25, 0.3) is 0 Å². The minimum atomic E-state index is -1.11. The fourth-order valence-electron chi connectivity index (χ4n) is 2.59.